The van der Waals surface area contributed by atoms with Gasteiger partial charge >= 0.3 is 5.97 Å². The minimum Gasteiger partial charge on any atom is -0.488 e. The quantitative estimate of drug-likeness (QED) is 0.0736. The summed E-state index contributed by atoms with van der Waals surface area (Å²) < 4.78 is 12.5. The van der Waals surface area contributed by atoms with Gasteiger partial charge in [-0.1, -0.05) is 72.3 Å². The maximum absolute atomic E-state index is 11.8. The number of hydrogen-bond donors (Lipinski definition) is 5. The summed E-state index contributed by atoms with van der Waals surface area (Å²) in [5.74, 6) is -0.366. The van der Waals surface area contributed by atoms with Crippen LogP contribution in [0.3, 0.4) is 0 Å². The molecule has 1 unspecified atom stereocenters. The third-order valence-electron chi connectivity index (χ3n) is 10.2. The lowest BCUT2D eigenvalue weighted by Crippen LogP contribution is -2.52. The fourth-order valence-electron chi connectivity index (χ4n) is 6.58. The van der Waals surface area contributed by atoms with Gasteiger partial charge in [-0.05, 0) is 77.4 Å². The highest BCUT2D eigenvalue weighted by molar-refractivity contribution is 6.32. The number of nitrogens with zero attached hydrogens (tertiary/aromatic N) is 2. The first-order valence-corrected chi connectivity index (χ1v) is 18.6. The van der Waals surface area contributed by atoms with Crippen molar-refractivity contribution in [1.29, 1.82) is 5.26 Å². The normalized spacial score (nSPS) is 14.8. The van der Waals surface area contributed by atoms with Crippen molar-refractivity contribution in [3.05, 3.63) is 135 Å². The van der Waals surface area contributed by atoms with Gasteiger partial charge in [0.2, 0.25) is 5.91 Å². The Labute approximate surface area is 331 Å². The van der Waals surface area contributed by atoms with Crippen LogP contribution in [0.1, 0.15) is 52.3 Å². The molecule has 1 saturated heterocycles. The summed E-state index contributed by atoms with van der Waals surface area (Å²) in [5, 5.41) is 38.3. The average molecular weight is 774 g/mol. The summed E-state index contributed by atoms with van der Waals surface area (Å²) in [7, 11) is 0. The molecular weight excluding hydrogens is 730 g/mol. The van der Waals surface area contributed by atoms with Crippen LogP contribution in [0.2, 0.25) is 5.02 Å². The number of halogens is 1. The van der Waals surface area contributed by atoms with Crippen LogP contribution in [0.25, 0.3) is 22.3 Å². The zero-order valence-electron chi connectivity index (χ0n) is 31.5. The van der Waals surface area contributed by atoms with Crippen molar-refractivity contribution in [2.75, 3.05) is 13.2 Å². The van der Waals surface area contributed by atoms with Crippen molar-refractivity contribution < 1.29 is 29.3 Å². The number of carboxylic acids is 1. The highest BCUT2D eigenvalue weighted by atomic mass is 35.5. The van der Waals surface area contributed by atoms with Gasteiger partial charge in [-0.15, -0.1) is 0 Å². The van der Waals surface area contributed by atoms with Crippen molar-refractivity contribution in [2.24, 2.45) is 0 Å². The molecule has 0 saturated carbocycles. The predicted octanol–water partition coefficient (Wildman–Crippen LogP) is 6.62. The van der Waals surface area contributed by atoms with Gasteiger partial charge in [-0.25, -0.2) is 0 Å². The van der Waals surface area contributed by atoms with E-state index < -0.39 is 18.1 Å². The minimum atomic E-state index is -1.59. The van der Waals surface area contributed by atoms with E-state index in [1.54, 1.807) is 24.4 Å². The number of rotatable bonds is 16. The molecule has 11 nitrogen and oxygen atoms in total. The molecule has 0 spiro atoms. The number of carbonyl (C=O) groups is 2. The molecule has 1 aliphatic rings. The molecule has 1 aromatic heterocycles. The van der Waals surface area contributed by atoms with Gasteiger partial charge in [0.25, 0.3) is 0 Å². The summed E-state index contributed by atoms with van der Waals surface area (Å²) in [6, 6.07) is 28.2. The van der Waals surface area contributed by atoms with Gasteiger partial charge in [0.15, 0.2) is 0 Å². The van der Waals surface area contributed by atoms with E-state index in [0.29, 0.717) is 52.7 Å². The van der Waals surface area contributed by atoms with E-state index >= 15 is 0 Å². The van der Waals surface area contributed by atoms with E-state index in [0.717, 1.165) is 44.5 Å². The van der Waals surface area contributed by atoms with E-state index in [2.05, 4.69) is 89.4 Å². The van der Waals surface area contributed by atoms with Crippen molar-refractivity contribution >= 4 is 23.5 Å². The first kappa shape index (κ1) is 39.9. The standard InChI is InChI=1S/C44H44ClN5O6/c1-27-33(6-4-8-37(27)38-9-5-7-36(28(38)2)32-12-10-29(11-13-32)21-48-35-16-42(52)49-23-35)25-56-41-17-40(55-24-31-14-30(18-46)19-47-20-31)34(15-39(41)45)22-50-44(3,26-51)43(53)54/h4-15,17,19-20,35,48,50-51H,16,21-26H2,1-3H3,(H,49,52)(H,53,54)/t35?,44-/m0/s1. The van der Waals surface area contributed by atoms with Crippen LogP contribution in [0.5, 0.6) is 11.5 Å². The Kier molecular flexibility index (Phi) is 12.7. The lowest BCUT2D eigenvalue weighted by molar-refractivity contribution is -0.146. The number of ether oxygens (including phenoxy) is 2. The second kappa shape index (κ2) is 17.8. The Morgan fingerprint density at radius 1 is 0.929 bits per heavy atom. The highest BCUT2D eigenvalue weighted by Gasteiger charge is 2.32. The predicted molar refractivity (Wildman–Crippen MR) is 214 cm³/mol. The van der Waals surface area contributed by atoms with Gasteiger partial charge in [-0.3, -0.25) is 19.9 Å². The molecule has 5 N–H and O–H groups in total. The van der Waals surface area contributed by atoms with Crippen LogP contribution in [-0.2, 0) is 35.9 Å². The van der Waals surface area contributed by atoms with Crippen molar-refractivity contribution in [1.82, 2.24) is 20.9 Å². The minimum absolute atomic E-state index is 0.0254. The maximum atomic E-state index is 11.8. The SMILES string of the molecule is Cc1c(COc2cc(OCc3cncc(C#N)c3)c(CN[C@@](C)(CO)C(=O)O)cc2Cl)cccc1-c1cccc(-c2ccc(CNC3CNC(=O)C3)cc2)c1C. The zero-order chi connectivity index (χ0) is 39.8. The van der Waals surface area contributed by atoms with Crippen LogP contribution in [0, 0.1) is 25.2 Å². The lowest BCUT2D eigenvalue weighted by atomic mass is 9.89. The number of aliphatic hydroxyl groups is 1. The molecule has 1 amide bonds. The Hall–Kier alpha value is -5.77. The third-order valence-corrected chi connectivity index (χ3v) is 10.5. The van der Waals surface area contributed by atoms with E-state index in [1.807, 2.05) is 12.1 Å². The fourth-order valence-corrected chi connectivity index (χ4v) is 6.82. The zero-order valence-corrected chi connectivity index (χ0v) is 32.2. The Morgan fingerprint density at radius 2 is 1.64 bits per heavy atom. The van der Waals surface area contributed by atoms with Gasteiger partial charge in [0, 0.05) is 61.7 Å². The molecule has 1 fully saturated rings. The summed E-state index contributed by atoms with van der Waals surface area (Å²) >= 11 is 6.76. The number of pyridine rings is 1. The number of aliphatic carboxylic acids is 1. The molecular formula is C44H44ClN5O6. The van der Waals surface area contributed by atoms with Crippen LogP contribution < -0.4 is 25.4 Å². The number of nitriles is 1. The number of hydrogen-bond acceptors (Lipinski definition) is 9. The molecule has 5 aromatic rings. The average Bonchev–Trinajstić information content (AvgIpc) is 3.63. The van der Waals surface area contributed by atoms with Gasteiger partial charge in [0.05, 0.1) is 17.2 Å². The van der Waals surface area contributed by atoms with E-state index in [1.165, 1.54) is 13.1 Å². The molecule has 0 aliphatic carbocycles. The third kappa shape index (κ3) is 9.36. The second-order valence-corrected chi connectivity index (χ2v) is 14.6. The molecule has 2 heterocycles. The molecule has 288 valence electrons. The number of carbonyl (C=O) groups excluding carboxylic acids is 1. The Morgan fingerprint density at radius 3 is 2.34 bits per heavy atom. The number of amides is 1. The molecule has 2 atom stereocenters. The Bertz CT molecular complexity index is 2270. The van der Waals surface area contributed by atoms with Crippen molar-refractivity contribution in [3.8, 4) is 39.8 Å². The van der Waals surface area contributed by atoms with Crippen LogP contribution in [0.15, 0.2) is 91.3 Å². The van der Waals surface area contributed by atoms with E-state index in [-0.39, 0.29) is 31.7 Å². The van der Waals surface area contributed by atoms with Crippen molar-refractivity contribution in [2.45, 2.75) is 65.1 Å². The second-order valence-electron chi connectivity index (χ2n) is 14.2. The highest BCUT2D eigenvalue weighted by Crippen LogP contribution is 2.37. The number of aromatic nitrogens is 1. The molecule has 56 heavy (non-hydrogen) atoms. The molecule has 6 rings (SSSR count). The fraction of sp³-hybridized carbons (Fsp3) is 0.273. The van der Waals surface area contributed by atoms with Gasteiger partial charge < -0.3 is 30.3 Å². The monoisotopic (exact) mass is 773 g/mol. The number of benzene rings is 4. The molecule has 4 aromatic carbocycles. The molecule has 1 aliphatic heterocycles. The smallest absolute Gasteiger partial charge is 0.326 e. The van der Waals surface area contributed by atoms with E-state index in [9.17, 15) is 25.1 Å². The van der Waals surface area contributed by atoms with Crippen molar-refractivity contribution in [3.63, 3.8) is 0 Å². The van der Waals surface area contributed by atoms with Crippen LogP contribution in [0.4, 0.5) is 0 Å². The summed E-state index contributed by atoms with van der Waals surface area (Å²) in [5.41, 5.74) is 8.80. The first-order chi connectivity index (χ1) is 27.0. The van der Waals surface area contributed by atoms with E-state index in [4.69, 9.17) is 21.1 Å². The number of carboxylic acid groups (broad SMARTS) is 1. The maximum Gasteiger partial charge on any atom is 0.326 e. The topological polar surface area (TPSA) is 166 Å². The lowest BCUT2D eigenvalue weighted by Gasteiger charge is -2.25. The van der Waals surface area contributed by atoms with Crippen LogP contribution >= 0.6 is 11.6 Å². The molecule has 0 bridgehead atoms. The first-order valence-electron chi connectivity index (χ1n) is 18.3. The van der Waals surface area contributed by atoms with Crippen LogP contribution in [-0.4, -0.2) is 51.8 Å². The summed E-state index contributed by atoms with van der Waals surface area (Å²) in [6.07, 6.45) is 3.57. The Balaban J connectivity index is 1.20. The van der Waals surface area contributed by atoms with Gasteiger partial charge in [-0.2, -0.15) is 5.26 Å². The largest absolute Gasteiger partial charge is 0.488 e. The number of nitrogens with one attached hydrogen (secondary N) is 3. The molecule has 0 radical (unpaired) electrons. The molecule has 12 heteroatoms. The van der Waals surface area contributed by atoms with Gasteiger partial charge in [0.1, 0.15) is 36.3 Å². The summed E-state index contributed by atoms with van der Waals surface area (Å²) in [4.78, 5) is 27.5. The number of aliphatic hydroxyl groups excluding tert-OH is 1. The summed E-state index contributed by atoms with van der Waals surface area (Å²) in [6.45, 7) is 6.64.